The minimum atomic E-state index is -1.49. The van der Waals surface area contributed by atoms with Crippen LogP contribution < -0.4 is 24.3 Å². The van der Waals surface area contributed by atoms with Crippen molar-refractivity contribution in [3.63, 3.8) is 0 Å². The number of amides is 1. The number of benzene rings is 4. The summed E-state index contributed by atoms with van der Waals surface area (Å²) in [6.07, 6.45) is 0.194. The molecule has 8 heteroatoms. The van der Waals surface area contributed by atoms with E-state index in [-0.39, 0.29) is 13.2 Å². The molecule has 2 heterocycles. The van der Waals surface area contributed by atoms with Crippen LogP contribution in [0.4, 0.5) is 0 Å². The van der Waals surface area contributed by atoms with Gasteiger partial charge in [0, 0.05) is 34.0 Å². The van der Waals surface area contributed by atoms with Gasteiger partial charge in [0.25, 0.3) is 5.91 Å². The Balaban J connectivity index is 1.55. The molecule has 0 unspecified atom stereocenters. The first-order chi connectivity index (χ1) is 19.0. The molecule has 2 atom stereocenters. The molecular weight excluding hydrogens is 562 g/mol. The van der Waals surface area contributed by atoms with E-state index in [1.807, 2.05) is 60.7 Å². The molecule has 1 amide bonds. The van der Waals surface area contributed by atoms with E-state index in [2.05, 4.69) is 21.2 Å². The molecule has 0 bridgehead atoms. The molecule has 0 saturated carbocycles. The van der Waals surface area contributed by atoms with E-state index >= 15 is 0 Å². The van der Waals surface area contributed by atoms with Gasteiger partial charge in [-0.2, -0.15) is 0 Å². The van der Waals surface area contributed by atoms with Gasteiger partial charge in [-0.15, -0.1) is 0 Å². The summed E-state index contributed by atoms with van der Waals surface area (Å²) in [5, 5.41) is 3.12. The van der Waals surface area contributed by atoms with Crippen LogP contribution in [0.25, 0.3) is 0 Å². The van der Waals surface area contributed by atoms with Crippen LogP contribution in [-0.2, 0) is 11.2 Å². The van der Waals surface area contributed by atoms with E-state index in [9.17, 15) is 9.59 Å². The van der Waals surface area contributed by atoms with Crippen LogP contribution in [0.2, 0.25) is 0 Å². The van der Waals surface area contributed by atoms with Gasteiger partial charge in [-0.05, 0) is 53.6 Å². The van der Waals surface area contributed by atoms with Gasteiger partial charge >= 0.3 is 5.97 Å². The topological polar surface area (TPSA) is 83.1 Å². The predicted octanol–water partition coefficient (Wildman–Crippen LogP) is 5.65. The zero-order valence-electron chi connectivity index (χ0n) is 21.0. The first kappa shape index (κ1) is 25.0. The number of carbonyl (C=O) groups is 2. The van der Waals surface area contributed by atoms with Gasteiger partial charge in [0.15, 0.2) is 17.0 Å². The first-order valence-corrected chi connectivity index (χ1v) is 13.2. The second-order valence-corrected chi connectivity index (χ2v) is 10.3. The Hall–Kier alpha value is -4.30. The molecule has 0 spiro atoms. The second kappa shape index (κ2) is 10.1. The molecule has 4 aromatic carbocycles. The highest BCUT2D eigenvalue weighted by atomic mass is 79.9. The molecule has 7 nitrogen and oxygen atoms in total. The molecule has 2 aliphatic heterocycles. The lowest BCUT2D eigenvalue weighted by molar-refractivity contribution is -0.143. The molecule has 0 aromatic heterocycles. The van der Waals surface area contributed by atoms with Gasteiger partial charge in [-0.3, -0.25) is 4.79 Å². The number of rotatable bonds is 6. The van der Waals surface area contributed by atoms with Crippen LogP contribution in [0.5, 0.6) is 23.0 Å². The molecule has 4 aromatic rings. The van der Waals surface area contributed by atoms with Crippen LogP contribution in [0, 0.1) is 0 Å². The van der Waals surface area contributed by atoms with Crippen LogP contribution in [0.3, 0.4) is 0 Å². The van der Waals surface area contributed by atoms with Crippen molar-refractivity contribution in [2.24, 2.45) is 0 Å². The predicted molar refractivity (Wildman–Crippen MR) is 148 cm³/mol. The second-order valence-electron chi connectivity index (χ2n) is 9.43. The smallest absolute Gasteiger partial charge is 0.338 e. The molecular formula is C31H24BrNO6. The third kappa shape index (κ3) is 4.61. The van der Waals surface area contributed by atoms with Crippen LogP contribution in [0.1, 0.15) is 33.0 Å². The third-order valence-corrected chi connectivity index (χ3v) is 7.62. The fraction of sp³-hybridized carbons (Fsp3) is 0.161. The monoisotopic (exact) mass is 585 g/mol. The summed E-state index contributed by atoms with van der Waals surface area (Å²) in [6, 6.07) is 27.6. The summed E-state index contributed by atoms with van der Waals surface area (Å²) in [5.74, 6) is 0.528. The SMILES string of the molecule is COc1ccc([C@@H]2c3cc4c(cc3OC(=O)[C@]2(Cc2ccccc2)NC(=O)c2ccc(Br)cc2)OCO4)cc1. The number of esters is 1. The summed E-state index contributed by atoms with van der Waals surface area (Å²) in [5.41, 5.74) is 1.31. The minimum absolute atomic E-state index is 0.0782. The maximum Gasteiger partial charge on any atom is 0.338 e. The molecule has 6 rings (SSSR count). The maximum atomic E-state index is 14.2. The zero-order chi connectivity index (χ0) is 27.0. The van der Waals surface area contributed by atoms with Crippen molar-refractivity contribution in [2.45, 2.75) is 17.9 Å². The Bertz CT molecular complexity index is 1540. The number of ether oxygens (including phenoxy) is 4. The molecule has 0 saturated heterocycles. The van der Waals surface area contributed by atoms with E-state index in [0.717, 1.165) is 15.6 Å². The lowest BCUT2D eigenvalue weighted by atomic mass is 9.69. The van der Waals surface area contributed by atoms with Crippen molar-refractivity contribution in [3.05, 3.63) is 118 Å². The van der Waals surface area contributed by atoms with E-state index in [4.69, 9.17) is 18.9 Å². The normalized spacial score (nSPS) is 19.1. The highest BCUT2D eigenvalue weighted by Crippen LogP contribution is 2.50. The fourth-order valence-electron chi connectivity index (χ4n) is 5.22. The van der Waals surface area contributed by atoms with Crippen LogP contribution >= 0.6 is 15.9 Å². The number of hydrogen-bond donors (Lipinski definition) is 1. The molecule has 196 valence electrons. The molecule has 0 fully saturated rings. The van der Waals surface area contributed by atoms with Gasteiger partial charge in [0.2, 0.25) is 6.79 Å². The average molecular weight is 586 g/mol. The van der Waals surface area contributed by atoms with Crippen LogP contribution in [0.15, 0.2) is 95.5 Å². The Morgan fingerprint density at radius 3 is 2.33 bits per heavy atom. The summed E-state index contributed by atoms with van der Waals surface area (Å²) < 4.78 is 23.4. The summed E-state index contributed by atoms with van der Waals surface area (Å²) in [7, 11) is 1.60. The number of nitrogens with one attached hydrogen (secondary N) is 1. The third-order valence-electron chi connectivity index (χ3n) is 7.09. The molecule has 39 heavy (non-hydrogen) atoms. The van der Waals surface area contributed by atoms with Crippen LogP contribution in [-0.4, -0.2) is 31.3 Å². The first-order valence-electron chi connectivity index (χ1n) is 12.4. The molecule has 0 radical (unpaired) electrons. The van der Waals surface area contributed by atoms with E-state index in [1.54, 1.807) is 37.4 Å². The van der Waals surface area contributed by atoms with Gasteiger partial charge in [0.05, 0.1) is 7.11 Å². The molecule has 0 aliphatic carbocycles. The van der Waals surface area contributed by atoms with Crippen molar-refractivity contribution in [3.8, 4) is 23.0 Å². The van der Waals surface area contributed by atoms with Gasteiger partial charge in [0.1, 0.15) is 11.5 Å². The Morgan fingerprint density at radius 2 is 1.64 bits per heavy atom. The van der Waals surface area contributed by atoms with E-state index in [1.165, 1.54) is 0 Å². The fourth-order valence-corrected chi connectivity index (χ4v) is 5.49. The molecule has 1 N–H and O–H groups in total. The van der Waals surface area contributed by atoms with Gasteiger partial charge in [-0.25, -0.2) is 4.79 Å². The largest absolute Gasteiger partial charge is 0.497 e. The van der Waals surface area contributed by atoms with Gasteiger partial charge in [-0.1, -0.05) is 58.4 Å². The summed E-state index contributed by atoms with van der Waals surface area (Å²) in [6.45, 7) is 0.0782. The number of methoxy groups -OCH3 is 1. The van der Waals surface area contributed by atoms with Crippen molar-refractivity contribution in [1.29, 1.82) is 0 Å². The highest BCUT2D eigenvalue weighted by molar-refractivity contribution is 9.10. The van der Waals surface area contributed by atoms with Crippen molar-refractivity contribution < 1.29 is 28.5 Å². The van der Waals surface area contributed by atoms with Crippen molar-refractivity contribution in [2.75, 3.05) is 13.9 Å². The highest BCUT2D eigenvalue weighted by Gasteiger charge is 2.54. The van der Waals surface area contributed by atoms with Crippen molar-refractivity contribution >= 4 is 27.8 Å². The quantitative estimate of drug-likeness (QED) is 0.232. The number of hydrogen-bond acceptors (Lipinski definition) is 6. The number of carbonyl (C=O) groups excluding carboxylic acids is 2. The standard InChI is InChI=1S/C31H24BrNO6/c1-36-23-13-9-20(10-14-23)28-24-15-26-27(38-18-37-26)16-25(24)39-30(35)31(28,17-19-5-3-2-4-6-19)33-29(34)21-7-11-22(32)12-8-21/h2-16,28H,17-18H2,1H3,(H,33,34)/t28-,31-/m1/s1. The Labute approximate surface area is 233 Å². The minimum Gasteiger partial charge on any atom is -0.497 e. The molecule has 2 aliphatic rings. The Kier molecular flexibility index (Phi) is 6.48. The van der Waals surface area contributed by atoms with Crippen molar-refractivity contribution in [1.82, 2.24) is 5.32 Å². The lowest BCUT2D eigenvalue weighted by Gasteiger charge is -2.43. The van der Waals surface area contributed by atoms with E-state index < -0.39 is 23.3 Å². The zero-order valence-corrected chi connectivity index (χ0v) is 22.6. The average Bonchev–Trinajstić information content (AvgIpc) is 3.41. The summed E-state index contributed by atoms with van der Waals surface area (Å²) in [4.78, 5) is 27.9. The number of halogens is 1. The summed E-state index contributed by atoms with van der Waals surface area (Å²) >= 11 is 3.41. The van der Waals surface area contributed by atoms with E-state index in [0.29, 0.717) is 34.1 Å². The lowest BCUT2D eigenvalue weighted by Crippen LogP contribution is -2.63. The Morgan fingerprint density at radius 1 is 0.949 bits per heavy atom. The maximum absolute atomic E-state index is 14.2. The van der Waals surface area contributed by atoms with Gasteiger partial charge < -0.3 is 24.3 Å². The number of fused-ring (bicyclic) bond motifs is 2.